The Balaban J connectivity index is 2.02. The van der Waals surface area contributed by atoms with E-state index in [-0.39, 0.29) is 5.91 Å². The molecule has 0 aromatic heterocycles. The van der Waals surface area contributed by atoms with Crippen molar-refractivity contribution in [1.29, 1.82) is 0 Å². The highest BCUT2D eigenvalue weighted by molar-refractivity contribution is 9.09. The van der Waals surface area contributed by atoms with Crippen LogP contribution in [0.4, 0.5) is 5.69 Å². The second-order valence-corrected chi connectivity index (χ2v) is 5.83. The monoisotopic (exact) mass is 335 g/mol. The van der Waals surface area contributed by atoms with Gasteiger partial charge in [0.15, 0.2) is 0 Å². The number of hydrogen-bond acceptors (Lipinski definition) is 2. The van der Waals surface area contributed by atoms with Gasteiger partial charge in [0.05, 0.1) is 5.33 Å². The molecule has 0 heterocycles. The fourth-order valence-corrected chi connectivity index (χ4v) is 2.50. The molecule has 2 aromatic rings. The first kappa shape index (κ1) is 14.2. The van der Waals surface area contributed by atoms with Gasteiger partial charge in [-0.2, -0.15) is 0 Å². The predicted octanol–water partition coefficient (Wildman–Crippen LogP) is 4.48. The van der Waals surface area contributed by atoms with E-state index in [2.05, 4.69) is 52.4 Å². The van der Waals surface area contributed by atoms with Gasteiger partial charge in [0, 0.05) is 15.5 Å². The van der Waals surface area contributed by atoms with Crippen LogP contribution >= 0.6 is 27.7 Å². The molecule has 19 heavy (non-hydrogen) atoms. The first-order valence-electron chi connectivity index (χ1n) is 5.88. The minimum atomic E-state index is -0.0427. The Morgan fingerprint density at radius 3 is 2.11 bits per heavy atom. The predicted molar refractivity (Wildman–Crippen MR) is 84.2 cm³/mol. The number of nitrogens with one attached hydrogen (secondary N) is 1. The highest BCUT2D eigenvalue weighted by Gasteiger charge is 2.01. The van der Waals surface area contributed by atoms with Gasteiger partial charge in [0.2, 0.25) is 5.91 Å². The summed E-state index contributed by atoms with van der Waals surface area (Å²) >= 11 is 4.83. The number of carbonyl (C=O) groups excluding carboxylic acids is 1. The number of amides is 1. The maximum atomic E-state index is 11.2. The summed E-state index contributed by atoms with van der Waals surface area (Å²) in [6.45, 7) is 2.08. The van der Waals surface area contributed by atoms with E-state index in [0.29, 0.717) is 5.33 Å². The molecule has 1 N–H and O–H groups in total. The van der Waals surface area contributed by atoms with Crippen LogP contribution in [0.2, 0.25) is 0 Å². The van der Waals surface area contributed by atoms with Crippen LogP contribution in [-0.4, -0.2) is 11.2 Å². The molecular formula is C15H14BrNOS. The van der Waals surface area contributed by atoms with Gasteiger partial charge >= 0.3 is 0 Å². The number of aryl methyl sites for hydroxylation is 1. The number of halogens is 1. The van der Waals surface area contributed by atoms with Gasteiger partial charge in [-0.05, 0) is 43.3 Å². The third-order valence-corrected chi connectivity index (χ3v) is 4.04. The molecule has 0 unspecified atom stereocenters. The zero-order valence-electron chi connectivity index (χ0n) is 10.5. The first-order chi connectivity index (χ1) is 9.17. The lowest BCUT2D eigenvalue weighted by Crippen LogP contribution is -2.11. The molecule has 0 aliphatic rings. The fraction of sp³-hybridized carbons (Fsp3) is 0.133. The second kappa shape index (κ2) is 6.78. The van der Waals surface area contributed by atoms with Crippen molar-refractivity contribution >= 4 is 39.3 Å². The Hall–Kier alpha value is -1.26. The number of anilines is 1. The maximum absolute atomic E-state index is 11.2. The summed E-state index contributed by atoms with van der Waals surface area (Å²) in [5.74, 6) is -0.0427. The molecule has 0 radical (unpaired) electrons. The number of hydrogen-bond donors (Lipinski definition) is 1. The van der Waals surface area contributed by atoms with Crippen molar-refractivity contribution in [3.8, 4) is 0 Å². The van der Waals surface area contributed by atoms with Crippen molar-refractivity contribution in [2.24, 2.45) is 0 Å². The number of alkyl halides is 1. The van der Waals surface area contributed by atoms with E-state index < -0.39 is 0 Å². The van der Waals surface area contributed by atoms with E-state index >= 15 is 0 Å². The fourth-order valence-electron chi connectivity index (χ4n) is 1.54. The summed E-state index contributed by atoms with van der Waals surface area (Å²) in [6, 6.07) is 16.3. The van der Waals surface area contributed by atoms with Crippen molar-refractivity contribution in [2.75, 3.05) is 10.6 Å². The molecule has 4 heteroatoms. The normalized spacial score (nSPS) is 10.2. The average molecular weight is 336 g/mol. The lowest BCUT2D eigenvalue weighted by atomic mass is 10.2. The Morgan fingerprint density at radius 2 is 1.58 bits per heavy atom. The summed E-state index contributed by atoms with van der Waals surface area (Å²) < 4.78 is 0. The Bertz CT molecular complexity index is 551. The summed E-state index contributed by atoms with van der Waals surface area (Å²) in [4.78, 5) is 13.6. The van der Waals surface area contributed by atoms with E-state index in [1.54, 1.807) is 11.8 Å². The van der Waals surface area contributed by atoms with Crippen molar-refractivity contribution in [2.45, 2.75) is 16.7 Å². The molecule has 2 rings (SSSR count). The highest BCUT2D eigenvalue weighted by atomic mass is 79.9. The Labute approximate surface area is 125 Å². The molecule has 98 valence electrons. The minimum absolute atomic E-state index is 0.0427. The quantitative estimate of drug-likeness (QED) is 0.834. The minimum Gasteiger partial charge on any atom is -0.325 e. The molecule has 0 aliphatic heterocycles. The van der Waals surface area contributed by atoms with E-state index in [1.165, 1.54) is 10.5 Å². The van der Waals surface area contributed by atoms with Crippen LogP contribution in [0.15, 0.2) is 58.3 Å². The van der Waals surface area contributed by atoms with Crippen LogP contribution in [0.25, 0.3) is 0 Å². The number of rotatable bonds is 4. The van der Waals surface area contributed by atoms with Crippen LogP contribution in [0.1, 0.15) is 5.56 Å². The van der Waals surface area contributed by atoms with Gasteiger partial charge in [0.25, 0.3) is 0 Å². The number of benzene rings is 2. The molecule has 0 bridgehead atoms. The molecule has 0 fully saturated rings. The zero-order chi connectivity index (χ0) is 13.7. The third kappa shape index (κ3) is 4.40. The Kier molecular flexibility index (Phi) is 5.05. The maximum Gasteiger partial charge on any atom is 0.235 e. The number of carbonyl (C=O) groups is 1. The molecular weight excluding hydrogens is 322 g/mol. The molecule has 2 nitrogen and oxygen atoms in total. The van der Waals surface area contributed by atoms with Crippen LogP contribution in [-0.2, 0) is 4.79 Å². The van der Waals surface area contributed by atoms with Gasteiger partial charge < -0.3 is 5.32 Å². The largest absolute Gasteiger partial charge is 0.325 e. The van der Waals surface area contributed by atoms with Gasteiger partial charge in [0.1, 0.15) is 0 Å². The van der Waals surface area contributed by atoms with Gasteiger partial charge in [-0.3, -0.25) is 4.79 Å². The van der Waals surface area contributed by atoms with Gasteiger partial charge in [-0.25, -0.2) is 0 Å². The zero-order valence-corrected chi connectivity index (χ0v) is 12.9. The summed E-state index contributed by atoms with van der Waals surface area (Å²) in [5.41, 5.74) is 2.08. The molecule has 2 aromatic carbocycles. The second-order valence-electron chi connectivity index (χ2n) is 4.12. The molecule has 0 aliphatic carbocycles. The molecule has 0 spiro atoms. The standard InChI is InChI=1S/C15H14BrNOS/c1-11-2-6-13(7-3-11)19-14-8-4-12(5-9-14)17-15(18)10-16/h2-9H,10H2,1H3,(H,17,18). The topological polar surface area (TPSA) is 29.1 Å². The third-order valence-electron chi connectivity index (χ3n) is 2.52. The molecule has 0 saturated heterocycles. The molecule has 0 atom stereocenters. The van der Waals surface area contributed by atoms with Crippen molar-refractivity contribution in [3.63, 3.8) is 0 Å². The lowest BCUT2D eigenvalue weighted by Gasteiger charge is -2.05. The van der Waals surface area contributed by atoms with Crippen molar-refractivity contribution in [1.82, 2.24) is 0 Å². The molecule has 1 amide bonds. The molecule has 0 saturated carbocycles. The van der Waals surface area contributed by atoms with Crippen LogP contribution in [0, 0.1) is 6.92 Å². The van der Waals surface area contributed by atoms with Gasteiger partial charge in [-0.15, -0.1) is 0 Å². The van der Waals surface area contributed by atoms with E-state index in [1.807, 2.05) is 24.3 Å². The first-order valence-corrected chi connectivity index (χ1v) is 7.81. The van der Waals surface area contributed by atoms with E-state index in [4.69, 9.17) is 0 Å². The smallest absolute Gasteiger partial charge is 0.235 e. The summed E-state index contributed by atoms with van der Waals surface area (Å²) in [6.07, 6.45) is 0. The Morgan fingerprint density at radius 1 is 1.05 bits per heavy atom. The lowest BCUT2D eigenvalue weighted by molar-refractivity contribution is -0.113. The highest BCUT2D eigenvalue weighted by Crippen LogP contribution is 2.28. The van der Waals surface area contributed by atoms with Crippen LogP contribution < -0.4 is 5.32 Å². The van der Waals surface area contributed by atoms with Crippen LogP contribution in [0.5, 0.6) is 0 Å². The summed E-state index contributed by atoms with van der Waals surface area (Å²) in [5, 5.41) is 3.11. The van der Waals surface area contributed by atoms with Gasteiger partial charge in [-0.1, -0.05) is 45.4 Å². The van der Waals surface area contributed by atoms with Crippen molar-refractivity contribution < 1.29 is 4.79 Å². The summed E-state index contributed by atoms with van der Waals surface area (Å²) in [7, 11) is 0. The van der Waals surface area contributed by atoms with Crippen molar-refractivity contribution in [3.05, 3.63) is 54.1 Å². The van der Waals surface area contributed by atoms with E-state index in [0.717, 1.165) is 10.6 Å². The SMILES string of the molecule is Cc1ccc(Sc2ccc(NC(=O)CBr)cc2)cc1. The van der Waals surface area contributed by atoms with Crippen LogP contribution in [0.3, 0.4) is 0 Å². The average Bonchev–Trinajstić information content (AvgIpc) is 2.43. The van der Waals surface area contributed by atoms with E-state index in [9.17, 15) is 4.79 Å².